The zero-order valence-corrected chi connectivity index (χ0v) is 10.3. The van der Waals surface area contributed by atoms with Gasteiger partial charge in [0, 0.05) is 24.2 Å². The summed E-state index contributed by atoms with van der Waals surface area (Å²) in [6.07, 6.45) is 3.91. The first kappa shape index (κ1) is 11.1. The largest absolute Gasteiger partial charge is 0.327 e. The number of aryl methyl sites for hydroxylation is 1. The van der Waals surface area contributed by atoms with Crippen LogP contribution in [-0.4, -0.2) is 40.3 Å². The maximum absolute atomic E-state index is 4.22. The quantitative estimate of drug-likeness (QED) is 0.788. The summed E-state index contributed by atoms with van der Waals surface area (Å²) in [4.78, 5) is 2.18. The van der Waals surface area contributed by atoms with E-state index in [1.807, 2.05) is 6.07 Å². The van der Waals surface area contributed by atoms with E-state index >= 15 is 0 Å². The molecule has 2 aromatic heterocycles. The highest BCUT2D eigenvalue weighted by atomic mass is 15.2. The van der Waals surface area contributed by atoms with Gasteiger partial charge >= 0.3 is 0 Å². The van der Waals surface area contributed by atoms with Crippen molar-refractivity contribution in [2.45, 2.75) is 19.9 Å². The number of nitrogens with zero attached hydrogens (tertiary/aromatic N) is 4. The predicted molar refractivity (Wildman–Crippen MR) is 65.5 cm³/mol. The summed E-state index contributed by atoms with van der Waals surface area (Å²) in [5.41, 5.74) is 2.24. The fourth-order valence-electron chi connectivity index (χ4n) is 2.11. The summed E-state index contributed by atoms with van der Waals surface area (Å²) in [5.74, 6) is 0. The molecule has 86 valence electrons. The fraction of sp³-hybridized carbons (Fsp3) is 0.500. The molecule has 4 heteroatoms. The van der Waals surface area contributed by atoms with E-state index in [9.17, 15) is 0 Å². The molecule has 4 nitrogen and oxygen atoms in total. The predicted octanol–water partition coefficient (Wildman–Crippen LogP) is 1.86. The summed E-state index contributed by atoms with van der Waals surface area (Å²) >= 11 is 0. The molecule has 0 amide bonds. The molecule has 1 unspecified atom stereocenters. The molecule has 0 saturated heterocycles. The molecule has 2 heterocycles. The second kappa shape index (κ2) is 4.22. The minimum Gasteiger partial charge on any atom is -0.327 e. The molecule has 0 fully saturated rings. The van der Waals surface area contributed by atoms with E-state index in [1.54, 1.807) is 6.20 Å². The Kier molecular flexibility index (Phi) is 2.92. The van der Waals surface area contributed by atoms with Crippen molar-refractivity contribution in [2.75, 3.05) is 20.6 Å². The van der Waals surface area contributed by atoms with Crippen LogP contribution in [-0.2, 0) is 0 Å². The van der Waals surface area contributed by atoms with Gasteiger partial charge in [-0.05, 0) is 39.6 Å². The number of hydrogen-bond donors (Lipinski definition) is 0. The van der Waals surface area contributed by atoms with Crippen LogP contribution in [0.1, 0.15) is 18.5 Å². The number of rotatable bonds is 3. The Labute approximate surface area is 95.9 Å². The first-order valence-corrected chi connectivity index (χ1v) is 5.53. The fourth-order valence-corrected chi connectivity index (χ4v) is 2.11. The van der Waals surface area contributed by atoms with E-state index in [4.69, 9.17) is 0 Å². The summed E-state index contributed by atoms with van der Waals surface area (Å²) in [6.45, 7) is 5.32. The topological polar surface area (TPSA) is 34.0 Å². The average Bonchev–Trinajstić information content (AvgIpc) is 2.56. The van der Waals surface area contributed by atoms with Gasteiger partial charge < -0.3 is 9.47 Å². The Bertz CT molecular complexity index is 487. The Hall–Kier alpha value is -1.42. The maximum atomic E-state index is 4.22. The number of hydrogen-bond acceptors (Lipinski definition) is 3. The third-order valence-electron chi connectivity index (χ3n) is 2.81. The summed E-state index contributed by atoms with van der Waals surface area (Å²) in [5, 5.41) is 9.38. The Morgan fingerprint density at radius 2 is 2.19 bits per heavy atom. The lowest BCUT2D eigenvalue weighted by atomic mass is 10.3. The molecule has 1 atom stereocenters. The molecule has 0 aliphatic heterocycles. The third-order valence-corrected chi connectivity index (χ3v) is 2.81. The standard InChI is InChI=1S/C12H18N4/c1-9-7-16(10(2)8-15(3)4)12-11(9)5-6-13-14-12/h5-7,10H,8H2,1-4H3. The smallest absolute Gasteiger partial charge is 0.163 e. The first-order valence-electron chi connectivity index (χ1n) is 5.53. The zero-order valence-electron chi connectivity index (χ0n) is 10.3. The van der Waals surface area contributed by atoms with Gasteiger partial charge in [-0.1, -0.05) is 0 Å². The van der Waals surface area contributed by atoms with Crippen molar-refractivity contribution in [3.8, 4) is 0 Å². The third kappa shape index (κ3) is 1.93. The zero-order chi connectivity index (χ0) is 11.7. The van der Waals surface area contributed by atoms with Gasteiger partial charge in [0.15, 0.2) is 5.65 Å². The van der Waals surface area contributed by atoms with Crippen molar-refractivity contribution < 1.29 is 0 Å². The minimum absolute atomic E-state index is 0.405. The van der Waals surface area contributed by atoms with Crippen LogP contribution in [0, 0.1) is 6.92 Å². The van der Waals surface area contributed by atoms with E-state index in [2.05, 4.69) is 53.8 Å². The van der Waals surface area contributed by atoms with Crippen LogP contribution in [0.3, 0.4) is 0 Å². The number of aromatic nitrogens is 3. The highest BCUT2D eigenvalue weighted by Gasteiger charge is 2.12. The molecular formula is C12H18N4. The minimum atomic E-state index is 0.405. The maximum Gasteiger partial charge on any atom is 0.163 e. The van der Waals surface area contributed by atoms with Gasteiger partial charge in [0.1, 0.15) is 0 Å². The lowest BCUT2D eigenvalue weighted by Gasteiger charge is -2.18. The lowest BCUT2D eigenvalue weighted by Crippen LogP contribution is -2.22. The lowest BCUT2D eigenvalue weighted by molar-refractivity contribution is 0.340. The molecule has 0 N–H and O–H groups in total. The monoisotopic (exact) mass is 218 g/mol. The van der Waals surface area contributed by atoms with Crippen molar-refractivity contribution in [1.82, 2.24) is 19.7 Å². The second-order valence-electron chi connectivity index (χ2n) is 4.60. The van der Waals surface area contributed by atoms with Crippen LogP contribution >= 0.6 is 0 Å². The van der Waals surface area contributed by atoms with Crippen LogP contribution in [0.2, 0.25) is 0 Å². The SMILES string of the molecule is Cc1cn(C(C)CN(C)C)c2nnccc12. The van der Waals surface area contributed by atoms with E-state index in [1.165, 1.54) is 10.9 Å². The highest BCUT2D eigenvalue weighted by Crippen LogP contribution is 2.21. The second-order valence-corrected chi connectivity index (χ2v) is 4.60. The summed E-state index contributed by atoms with van der Waals surface area (Å²) in [7, 11) is 4.17. The van der Waals surface area contributed by atoms with Gasteiger partial charge in [-0.15, -0.1) is 5.10 Å². The molecule has 0 radical (unpaired) electrons. The Balaban J connectivity index is 2.44. The molecule has 2 rings (SSSR count). The summed E-state index contributed by atoms with van der Waals surface area (Å²) in [6, 6.07) is 2.43. The van der Waals surface area contributed by atoms with Gasteiger partial charge in [-0.3, -0.25) is 0 Å². The van der Waals surface area contributed by atoms with Crippen LogP contribution < -0.4 is 0 Å². The van der Waals surface area contributed by atoms with Gasteiger partial charge in [0.2, 0.25) is 0 Å². The first-order chi connectivity index (χ1) is 7.59. The number of fused-ring (bicyclic) bond motifs is 1. The van der Waals surface area contributed by atoms with Gasteiger partial charge in [0.05, 0.1) is 6.20 Å². The van der Waals surface area contributed by atoms with Crippen LogP contribution in [0.25, 0.3) is 11.0 Å². The van der Waals surface area contributed by atoms with E-state index < -0.39 is 0 Å². The van der Waals surface area contributed by atoms with Crippen molar-refractivity contribution in [3.05, 3.63) is 24.0 Å². The van der Waals surface area contributed by atoms with E-state index in [0.29, 0.717) is 6.04 Å². The van der Waals surface area contributed by atoms with Crippen LogP contribution in [0.5, 0.6) is 0 Å². The van der Waals surface area contributed by atoms with Gasteiger partial charge in [0.25, 0.3) is 0 Å². The van der Waals surface area contributed by atoms with Crippen LogP contribution in [0.4, 0.5) is 0 Å². The summed E-state index contributed by atoms with van der Waals surface area (Å²) < 4.78 is 2.21. The Morgan fingerprint density at radius 3 is 2.88 bits per heavy atom. The van der Waals surface area contributed by atoms with Crippen molar-refractivity contribution >= 4 is 11.0 Å². The van der Waals surface area contributed by atoms with E-state index in [-0.39, 0.29) is 0 Å². The normalized spacial score (nSPS) is 13.6. The van der Waals surface area contributed by atoms with Gasteiger partial charge in [-0.2, -0.15) is 5.10 Å². The average molecular weight is 218 g/mol. The number of likely N-dealkylation sites (N-methyl/N-ethyl adjacent to an activating group) is 1. The molecule has 0 spiro atoms. The molecule has 0 aliphatic carbocycles. The van der Waals surface area contributed by atoms with E-state index in [0.717, 1.165) is 12.2 Å². The molecule has 0 aromatic carbocycles. The molecule has 0 aliphatic rings. The molecule has 2 aromatic rings. The van der Waals surface area contributed by atoms with Crippen LogP contribution in [0.15, 0.2) is 18.5 Å². The molecular weight excluding hydrogens is 200 g/mol. The molecule has 0 bridgehead atoms. The van der Waals surface area contributed by atoms with Crippen molar-refractivity contribution in [3.63, 3.8) is 0 Å². The Morgan fingerprint density at radius 1 is 1.44 bits per heavy atom. The van der Waals surface area contributed by atoms with Gasteiger partial charge in [-0.25, -0.2) is 0 Å². The molecule has 0 saturated carbocycles. The molecule has 16 heavy (non-hydrogen) atoms. The van der Waals surface area contributed by atoms with Crippen molar-refractivity contribution in [2.24, 2.45) is 0 Å². The van der Waals surface area contributed by atoms with Crippen molar-refractivity contribution in [1.29, 1.82) is 0 Å². The highest BCUT2D eigenvalue weighted by molar-refractivity contribution is 5.79.